The van der Waals surface area contributed by atoms with Gasteiger partial charge in [-0.3, -0.25) is 9.69 Å². The molecule has 1 atom stereocenters. The quantitative estimate of drug-likeness (QED) is 0.750. The lowest BCUT2D eigenvalue weighted by Gasteiger charge is -2.15. The summed E-state index contributed by atoms with van der Waals surface area (Å²) < 4.78 is 5.10. The van der Waals surface area contributed by atoms with Gasteiger partial charge in [-0.15, -0.1) is 0 Å². The van der Waals surface area contributed by atoms with Crippen LogP contribution in [-0.2, 0) is 0 Å². The molecule has 1 fully saturated rings. The molecule has 0 spiro atoms. The van der Waals surface area contributed by atoms with Gasteiger partial charge in [0.15, 0.2) is 5.78 Å². The Morgan fingerprint density at radius 1 is 1.50 bits per heavy atom. The van der Waals surface area contributed by atoms with E-state index < -0.39 is 0 Å². The smallest absolute Gasteiger partial charge is 0.176 e. The fourth-order valence-corrected chi connectivity index (χ4v) is 3.09. The third-order valence-corrected chi connectivity index (χ3v) is 4.20. The normalized spacial score (nSPS) is 19.2. The number of nitrogens with zero attached hydrogens (tertiary/aromatic N) is 1. The number of likely N-dealkylation sites (tertiary alicyclic amines) is 1. The van der Waals surface area contributed by atoms with E-state index in [1.165, 1.54) is 19.3 Å². The van der Waals surface area contributed by atoms with Gasteiger partial charge in [-0.2, -0.15) is 0 Å². The fraction of sp³-hybridized carbons (Fsp3) is 0.562. The van der Waals surface area contributed by atoms with Crippen molar-refractivity contribution in [2.24, 2.45) is 5.92 Å². The van der Waals surface area contributed by atoms with Crippen LogP contribution >= 0.6 is 11.6 Å². The Labute approximate surface area is 125 Å². The molecule has 1 aromatic rings. The van der Waals surface area contributed by atoms with E-state index in [-0.39, 0.29) is 5.78 Å². The Bertz CT molecular complexity index is 476. The van der Waals surface area contributed by atoms with Crippen LogP contribution in [0.1, 0.15) is 36.5 Å². The van der Waals surface area contributed by atoms with Gasteiger partial charge in [0, 0.05) is 12.1 Å². The monoisotopic (exact) mass is 295 g/mol. The van der Waals surface area contributed by atoms with Crippen molar-refractivity contribution in [2.45, 2.75) is 26.2 Å². The van der Waals surface area contributed by atoms with Gasteiger partial charge < -0.3 is 4.74 Å². The van der Waals surface area contributed by atoms with Crippen LogP contribution in [0.2, 0.25) is 5.02 Å². The van der Waals surface area contributed by atoms with Crippen LogP contribution < -0.4 is 4.74 Å². The van der Waals surface area contributed by atoms with Gasteiger partial charge >= 0.3 is 0 Å². The average molecular weight is 296 g/mol. The molecule has 0 N–H and O–H groups in total. The van der Waals surface area contributed by atoms with Gasteiger partial charge in [0.1, 0.15) is 5.75 Å². The number of ketones is 1. The lowest BCUT2D eigenvalue weighted by molar-refractivity contribution is 0.0943. The van der Waals surface area contributed by atoms with Gasteiger partial charge in [-0.05, 0) is 43.5 Å². The zero-order valence-corrected chi connectivity index (χ0v) is 12.9. The van der Waals surface area contributed by atoms with E-state index in [4.69, 9.17) is 16.3 Å². The van der Waals surface area contributed by atoms with Gasteiger partial charge in [0.05, 0.1) is 18.7 Å². The first-order valence-electron chi connectivity index (χ1n) is 7.23. The van der Waals surface area contributed by atoms with E-state index in [2.05, 4.69) is 11.8 Å². The van der Waals surface area contributed by atoms with E-state index in [0.717, 1.165) is 19.0 Å². The van der Waals surface area contributed by atoms with E-state index in [0.29, 0.717) is 22.9 Å². The number of carbonyl (C=O) groups is 1. The Hall–Kier alpha value is -1.06. The molecule has 1 aliphatic heterocycles. The van der Waals surface area contributed by atoms with Crippen molar-refractivity contribution in [2.75, 3.05) is 26.7 Å². The van der Waals surface area contributed by atoms with E-state index in [1.807, 2.05) is 0 Å². The molecular weight excluding hydrogens is 274 g/mol. The van der Waals surface area contributed by atoms with Gasteiger partial charge in [0.2, 0.25) is 0 Å². The van der Waals surface area contributed by atoms with Gasteiger partial charge in [0.25, 0.3) is 0 Å². The lowest BCUT2D eigenvalue weighted by Crippen LogP contribution is -2.27. The highest BCUT2D eigenvalue weighted by molar-refractivity contribution is 6.32. The first kappa shape index (κ1) is 15.3. The standard InChI is InChI=1S/C16H22ClNO2/c1-3-4-12-7-8-18(10-12)11-15(19)13-5-6-16(20-2)14(17)9-13/h5-6,9,12H,3-4,7-8,10-11H2,1-2H3. The highest BCUT2D eigenvalue weighted by Gasteiger charge is 2.23. The van der Waals surface area contributed by atoms with Crippen LogP contribution in [-0.4, -0.2) is 37.4 Å². The summed E-state index contributed by atoms with van der Waals surface area (Å²) in [5.41, 5.74) is 0.662. The topological polar surface area (TPSA) is 29.5 Å². The molecule has 110 valence electrons. The lowest BCUT2D eigenvalue weighted by atomic mass is 10.0. The van der Waals surface area contributed by atoms with Crippen LogP contribution in [0.4, 0.5) is 0 Å². The van der Waals surface area contributed by atoms with Crippen molar-refractivity contribution in [3.8, 4) is 5.75 Å². The molecule has 0 aromatic heterocycles. The summed E-state index contributed by atoms with van der Waals surface area (Å²) in [6.45, 7) is 4.78. The Kier molecular flexibility index (Phi) is 5.44. The average Bonchev–Trinajstić information content (AvgIpc) is 2.86. The molecule has 1 aliphatic rings. The van der Waals surface area contributed by atoms with Crippen LogP contribution in [0, 0.1) is 5.92 Å². The van der Waals surface area contributed by atoms with Crippen molar-refractivity contribution in [1.82, 2.24) is 4.90 Å². The molecular formula is C16H22ClNO2. The van der Waals surface area contributed by atoms with E-state index in [9.17, 15) is 4.79 Å². The molecule has 20 heavy (non-hydrogen) atoms. The number of Topliss-reactive ketones (excluding diaryl/α,β-unsaturated/α-hetero) is 1. The minimum atomic E-state index is 0.131. The molecule has 1 aromatic carbocycles. The molecule has 0 amide bonds. The first-order chi connectivity index (χ1) is 9.63. The second-order valence-electron chi connectivity index (χ2n) is 5.45. The van der Waals surface area contributed by atoms with Gasteiger partial charge in [-0.25, -0.2) is 0 Å². The van der Waals surface area contributed by atoms with Crippen LogP contribution in [0.25, 0.3) is 0 Å². The molecule has 1 unspecified atom stereocenters. The number of hydrogen-bond donors (Lipinski definition) is 0. The zero-order chi connectivity index (χ0) is 14.5. The fourth-order valence-electron chi connectivity index (χ4n) is 2.83. The summed E-state index contributed by atoms with van der Waals surface area (Å²) in [7, 11) is 1.57. The Morgan fingerprint density at radius 2 is 2.30 bits per heavy atom. The van der Waals surface area contributed by atoms with Crippen molar-refractivity contribution in [3.63, 3.8) is 0 Å². The predicted molar refractivity (Wildman–Crippen MR) is 81.8 cm³/mol. The Morgan fingerprint density at radius 3 is 2.95 bits per heavy atom. The number of carbonyl (C=O) groups excluding carboxylic acids is 1. The highest BCUT2D eigenvalue weighted by atomic mass is 35.5. The molecule has 4 heteroatoms. The highest BCUT2D eigenvalue weighted by Crippen LogP contribution is 2.26. The summed E-state index contributed by atoms with van der Waals surface area (Å²) in [6, 6.07) is 5.23. The number of rotatable bonds is 6. The zero-order valence-electron chi connectivity index (χ0n) is 12.2. The van der Waals surface area contributed by atoms with Crippen molar-refractivity contribution in [1.29, 1.82) is 0 Å². The van der Waals surface area contributed by atoms with Crippen LogP contribution in [0.3, 0.4) is 0 Å². The SMILES string of the molecule is CCCC1CCN(CC(=O)c2ccc(OC)c(Cl)c2)C1. The molecule has 0 radical (unpaired) electrons. The van der Waals surface area contributed by atoms with E-state index >= 15 is 0 Å². The predicted octanol–water partition coefficient (Wildman–Crippen LogP) is 3.65. The maximum absolute atomic E-state index is 12.3. The minimum absolute atomic E-state index is 0.131. The van der Waals surface area contributed by atoms with Crippen molar-refractivity contribution < 1.29 is 9.53 Å². The van der Waals surface area contributed by atoms with Crippen molar-refractivity contribution in [3.05, 3.63) is 28.8 Å². The summed E-state index contributed by atoms with van der Waals surface area (Å²) in [5, 5.41) is 0.489. The number of ether oxygens (including phenoxy) is 1. The molecule has 3 nitrogen and oxygen atoms in total. The maximum atomic E-state index is 12.3. The van der Waals surface area contributed by atoms with E-state index in [1.54, 1.807) is 25.3 Å². The first-order valence-corrected chi connectivity index (χ1v) is 7.61. The number of halogens is 1. The largest absolute Gasteiger partial charge is 0.495 e. The molecule has 0 saturated carbocycles. The van der Waals surface area contributed by atoms with Gasteiger partial charge in [-0.1, -0.05) is 24.9 Å². The summed E-state index contributed by atoms with van der Waals surface area (Å²) in [5.74, 6) is 1.49. The van der Waals surface area contributed by atoms with Crippen LogP contribution in [0.15, 0.2) is 18.2 Å². The number of benzene rings is 1. The molecule has 1 saturated heterocycles. The third kappa shape index (κ3) is 3.74. The molecule has 0 bridgehead atoms. The van der Waals surface area contributed by atoms with Crippen molar-refractivity contribution >= 4 is 17.4 Å². The van der Waals surface area contributed by atoms with Crippen LogP contribution in [0.5, 0.6) is 5.75 Å². The number of hydrogen-bond acceptors (Lipinski definition) is 3. The second-order valence-corrected chi connectivity index (χ2v) is 5.86. The summed E-state index contributed by atoms with van der Waals surface area (Å²) in [6.07, 6.45) is 3.70. The minimum Gasteiger partial charge on any atom is -0.495 e. The molecule has 1 heterocycles. The summed E-state index contributed by atoms with van der Waals surface area (Å²) in [4.78, 5) is 14.5. The number of methoxy groups -OCH3 is 1. The maximum Gasteiger partial charge on any atom is 0.176 e. The Balaban J connectivity index is 1.94. The third-order valence-electron chi connectivity index (χ3n) is 3.91. The summed E-state index contributed by atoms with van der Waals surface area (Å²) >= 11 is 6.06. The second kappa shape index (κ2) is 7.09. The molecule has 0 aliphatic carbocycles. The molecule has 2 rings (SSSR count).